The van der Waals surface area contributed by atoms with Crippen LogP contribution >= 0.6 is 0 Å². The van der Waals surface area contributed by atoms with Gasteiger partial charge in [0.25, 0.3) is 0 Å². The summed E-state index contributed by atoms with van der Waals surface area (Å²) in [6, 6.07) is 4.94. The summed E-state index contributed by atoms with van der Waals surface area (Å²) in [7, 11) is 4.28. The lowest BCUT2D eigenvalue weighted by Crippen LogP contribution is -2.31. The Morgan fingerprint density at radius 3 is 2.93 bits per heavy atom. The lowest BCUT2D eigenvalue weighted by atomic mass is 10.2. The zero-order chi connectivity index (χ0) is 9.97. The molecule has 78 valence electrons. The van der Waals surface area contributed by atoms with Crippen LogP contribution in [0.1, 0.15) is 12.1 Å². The molecule has 3 heteroatoms. The standard InChI is InChI=1S/C11H19N3/c1-13-7-5-10(9-13)12-8-11-4-3-6-14(11)2/h3-4,6,10,12H,5,7-9H2,1-2H3/t10-/m0/s1. The lowest BCUT2D eigenvalue weighted by molar-refractivity contribution is 0.396. The largest absolute Gasteiger partial charge is 0.353 e. The molecule has 2 heterocycles. The highest BCUT2D eigenvalue weighted by molar-refractivity contribution is 5.06. The van der Waals surface area contributed by atoms with Gasteiger partial charge in [-0.15, -0.1) is 0 Å². The Balaban J connectivity index is 1.80. The zero-order valence-electron chi connectivity index (χ0n) is 9.03. The van der Waals surface area contributed by atoms with Crippen molar-refractivity contribution in [3.8, 4) is 0 Å². The van der Waals surface area contributed by atoms with Crippen LogP contribution in [0.5, 0.6) is 0 Å². The second-order valence-corrected chi connectivity index (χ2v) is 4.24. The second kappa shape index (κ2) is 4.15. The van der Waals surface area contributed by atoms with E-state index in [4.69, 9.17) is 0 Å². The van der Waals surface area contributed by atoms with Gasteiger partial charge in [0.15, 0.2) is 0 Å². The Hall–Kier alpha value is -0.800. The van der Waals surface area contributed by atoms with Crippen molar-refractivity contribution in [2.24, 2.45) is 7.05 Å². The summed E-state index contributed by atoms with van der Waals surface area (Å²) >= 11 is 0. The van der Waals surface area contributed by atoms with Gasteiger partial charge in [-0.1, -0.05) is 0 Å². The topological polar surface area (TPSA) is 20.2 Å². The molecule has 3 nitrogen and oxygen atoms in total. The molecule has 0 saturated carbocycles. The molecule has 1 atom stereocenters. The number of nitrogens with zero attached hydrogens (tertiary/aromatic N) is 2. The van der Waals surface area contributed by atoms with Crippen molar-refractivity contribution >= 4 is 0 Å². The Kier molecular flexibility index (Phi) is 2.89. The number of hydrogen-bond acceptors (Lipinski definition) is 2. The van der Waals surface area contributed by atoms with Crippen LogP contribution in [0.25, 0.3) is 0 Å². The van der Waals surface area contributed by atoms with Crippen LogP contribution in [0.3, 0.4) is 0 Å². The van der Waals surface area contributed by atoms with Gasteiger partial charge in [-0.05, 0) is 32.1 Å². The van der Waals surface area contributed by atoms with E-state index in [2.05, 4.69) is 47.2 Å². The number of nitrogens with one attached hydrogen (secondary N) is 1. The van der Waals surface area contributed by atoms with Gasteiger partial charge in [0.2, 0.25) is 0 Å². The van der Waals surface area contributed by atoms with E-state index in [-0.39, 0.29) is 0 Å². The number of likely N-dealkylation sites (N-methyl/N-ethyl adjacent to an activating group) is 1. The normalized spacial score (nSPS) is 23.1. The minimum absolute atomic E-state index is 0.676. The molecule has 0 aliphatic carbocycles. The lowest BCUT2D eigenvalue weighted by Gasteiger charge is -2.13. The minimum atomic E-state index is 0.676. The molecular formula is C11H19N3. The summed E-state index contributed by atoms with van der Waals surface area (Å²) in [6.45, 7) is 3.40. The minimum Gasteiger partial charge on any atom is -0.353 e. The maximum absolute atomic E-state index is 3.59. The highest BCUT2D eigenvalue weighted by atomic mass is 15.2. The smallest absolute Gasteiger partial charge is 0.0362 e. The number of rotatable bonds is 3. The fourth-order valence-electron chi connectivity index (χ4n) is 2.03. The first-order valence-corrected chi connectivity index (χ1v) is 5.28. The van der Waals surface area contributed by atoms with E-state index >= 15 is 0 Å². The molecule has 1 aromatic heterocycles. The van der Waals surface area contributed by atoms with Crippen LogP contribution in [0.4, 0.5) is 0 Å². The first-order valence-electron chi connectivity index (χ1n) is 5.28. The van der Waals surface area contributed by atoms with Gasteiger partial charge in [-0.25, -0.2) is 0 Å². The second-order valence-electron chi connectivity index (χ2n) is 4.24. The molecule has 1 fully saturated rings. The number of aryl methyl sites for hydroxylation is 1. The predicted octanol–water partition coefficient (Wildman–Crippen LogP) is 0.819. The first-order chi connectivity index (χ1) is 6.75. The molecule has 0 amide bonds. The fourth-order valence-corrected chi connectivity index (χ4v) is 2.03. The Morgan fingerprint density at radius 1 is 1.50 bits per heavy atom. The fraction of sp³-hybridized carbons (Fsp3) is 0.636. The summed E-state index contributed by atoms with van der Waals surface area (Å²) in [5.41, 5.74) is 1.36. The van der Waals surface area contributed by atoms with Crippen LogP contribution in [0.2, 0.25) is 0 Å². The van der Waals surface area contributed by atoms with Crippen LogP contribution in [0.15, 0.2) is 18.3 Å². The summed E-state index contributed by atoms with van der Waals surface area (Å²) in [6.07, 6.45) is 3.37. The first kappa shape index (κ1) is 9.74. The van der Waals surface area contributed by atoms with Gasteiger partial charge in [0, 0.05) is 38.1 Å². The van der Waals surface area contributed by atoms with Gasteiger partial charge in [0.05, 0.1) is 0 Å². The number of hydrogen-bond donors (Lipinski definition) is 1. The molecule has 1 N–H and O–H groups in total. The van der Waals surface area contributed by atoms with Crippen LogP contribution < -0.4 is 5.32 Å². The van der Waals surface area contributed by atoms with Gasteiger partial charge in [-0.2, -0.15) is 0 Å². The average molecular weight is 193 g/mol. The molecule has 0 radical (unpaired) electrons. The van der Waals surface area contributed by atoms with E-state index in [1.807, 2.05) is 0 Å². The third kappa shape index (κ3) is 2.16. The molecular weight excluding hydrogens is 174 g/mol. The van der Waals surface area contributed by atoms with Crippen LogP contribution in [-0.2, 0) is 13.6 Å². The summed E-state index contributed by atoms with van der Waals surface area (Å²) in [4.78, 5) is 2.38. The molecule has 2 rings (SSSR count). The van der Waals surface area contributed by atoms with Gasteiger partial charge >= 0.3 is 0 Å². The van der Waals surface area contributed by atoms with E-state index in [1.165, 1.54) is 25.2 Å². The third-order valence-electron chi connectivity index (χ3n) is 3.01. The van der Waals surface area contributed by atoms with Crippen LogP contribution in [0, 0.1) is 0 Å². The summed E-state index contributed by atoms with van der Waals surface area (Å²) < 4.78 is 2.17. The van der Waals surface area contributed by atoms with Crippen molar-refractivity contribution < 1.29 is 0 Å². The molecule has 1 aromatic rings. The highest BCUT2D eigenvalue weighted by Crippen LogP contribution is 2.07. The van der Waals surface area contributed by atoms with Crippen molar-refractivity contribution in [3.05, 3.63) is 24.0 Å². The number of likely N-dealkylation sites (tertiary alicyclic amines) is 1. The summed E-state index contributed by atoms with van der Waals surface area (Å²) in [5.74, 6) is 0. The zero-order valence-corrected chi connectivity index (χ0v) is 9.03. The van der Waals surface area contributed by atoms with Crippen molar-refractivity contribution in [1.29, 1.82) is 0 Å². The van der Waals surface area contributed by atoms with Crippen molar-refractivity contribution in [1.82, 2.24) is 14.8 Å². The van der Waals surface area contributed by atoms with E-state index in [0.717, 1.165) is 6.54 Å². The van der Waals surface area contributed by atoms with E-state index in [0.29, 0.717) is 6.04 Å². The molecule has 0 bridgehead atoms. The van der Waals surface area contributed by atoms with Crippen LogP contribution in [-0.4, -0.2) is 35.6 Å². The quantitative estimate of drug-likeness (QED) is 0.767. The monoisotopic (exact) mass is 193 g/mol. The molecule has 0 unspecified atom stereocenters. The van der Waals surface area contributed by atoms with Gasteiger partial charge < -0.3 is 14.8 Å². The Labute approximate surface area is 85.7 Å². The molecule has 0 aromatic carbocycles. The molecule has 1 aliphatic rings. The molecule has 0 spiro atoms. The van der Waals surface area contributed by atoms with Gasteiger partial charge in [-0.3, -0.25) is 0 Å². The average Bonchev–Trinajstić information content (AvgIpc) is 2.72. The highest BCUT2D eigenvalue weighted by Gasteiger charge is 2.18. The number of aromatic nitrogens is 1. The Morgan fingerprint density at radius 2 is 2.36 bits per heavy atom. The van der Waals surface area contributed by atoms with Crippen molar-refractivity contribution in [2.45, 2.75) is 19.0 Å². The Bertz CT molecular complexity index is 292. The molecule has 1 aliphatic heterocycles. The maximum Gasteiger partial charge on any atom is 0.0362 e. The van der Waals surface area contributed by atoms with Crippen molar-refractivity contribution in [2.75, 3.05) is 20.1 Å². The van der Waals surface area contributed by atoms with Crippen molar-refractivity contribution in [3.63, 3.8) is 0 Å². The predicted molar refractivity (Wildman–Crippen MR) is 58.2 cm³/mol. The van der Waals surface area contributed by atoms with Gasteiger partial charge in [0.1, 0.15) is 0 Å². The van der Waals surface area contributed by atoms with E-state index < -0.39 is 0 Å². The van der Waals surface area contributed by atoms with E-state index in [1.54, 1.807) is 0 Å². The SMILES string of the molecule is CN1CC[C@H](NCc2cccn2C)C1. The molecule has 1 saturated heterocycles. The third-order valence-corrected chi connectivity index (χ3v) is 3.01. The summed E-state index contributed by atoms with van der Waals surface area (Å²) in [5, 5.41) is 3.59. The molecule has 14 heavy (non-hydrogen) atoms. The van der Waals surface area contributed by atoms with E-state index in [9.17, 15) is 0 Å². The maximum atomic E-state index is 3.59.